The molecule has 3 amide bonds. The summed E-state index contributed by atoms with van der Waals surface area (Å²) in [5.74, 6) is -0.292. The highest BCUT2D eigenvalue weighted by Gasteiger charge is 2.28. The Morgan fingerprint density at radius 1 is 0.972 bits per heavy atom. The highest BCUT2D eigenvalue weighted by atomic mass is 32.1. The van der Waals surface area contributed by atoms with E-state index in [1.54, 1.807) is 17.0 Å². The van der Waals surface area contributed by atoms with Crippen LogP contribution in [-0.2, 0) is 11.2 Å². The number of benzene rings is 2. The van der Waals surface area contributed by atoms with Gasteiger partial charge in [0.1, 0.15) is 0 Å². The molecule has 0 bridgehead atoms. The number of anilines is 1. The number of likely N-dealkylation sites (tertiary alicyclic amines) is 1. The predicted molar refractivity (Wildman–Crippen MR) is 140 cm³/mol. The molecular formula is C27H31N5O3S. The second-order valence-electron chi connectivity index (χ2n) is 9.17. The van der Waals surface area contributed by atoms with E-state index in [0.717, 1.165) is 37.0 Å². The first kappa shape index (κ1) is 25.5. The number of amides is 3. The van der Waals surface area contributed by atoms with E-state index in [1.807, 2.05) is 43.3 Å². The van der Waals surface area contributed by atoms with Crippen molar-refractivity contribution in [3.05, 3.63) is 76.2 Å². The minimum Gasteiger partial charge on any atom is -0.354 e. The molecule has 1 aromatic heterocycles. The van der Waals surface area contributed by atoms with Crippen molar-refractivity contribution in [3.63, 3.8) is 0 Å². The van der Waals surface area contributed by atoms with E-state index >= 15 is 0 Å². The van der Waals surface area contributed by atoms with Crippen LogP contribution >= 0.6 is 11.3 Å². The summed E-state index contributed by atoms with van der Waals surface area (Å²) in [6.45, 7) is 3.16. The Labute approximate surface area is 215 Å². The number of carbonyl (C=O) groups is 3. The Morgan fingerprint density at radius 3 is 2.31 bits per heavy atom. The average molecular weight is 506 g/mol. The molecule has 2 N–H and O–H groups in total. The van der Waals surface area contributed by atoms with Crippen LogP contribution in [0.2, 0.25) is 0 Å². The van der Waals surface area contributed by atoms with Gasteiger partial charge in [-0.2, -0.15) is 0 Å². The third-order valence-corrected chi connectivity index (χ3v) is 7.24. The number of nitrogens with one attached hydrogen (secondary N) is 2. The zero-order chi connectivity index (χ0) is 25.3. The van der Waals surface area contributed by atoms with Gasteiger partial charge in [-0.25, -0.2) is 0 Å². The van der Waals surface area contributed by atoms with Crippen molar-refractivity contribution in [2.45, 2.75) is 45.1 Å². The molecule has 1 saturated heterocycles. The first-order valence-corrected chi connectivity index (χ1v) is 13.1. The normalized spacial score (nSPS) is 14.8. The molecule has 0 saturated carbocycles. The number of piperidine rings is 1. The molecule has 8 nitrogen and oxygen atoms in total. The van der Waals surface area contributed by atoms with Crippen molar-refractivity contribution < 1.29 is 14.4 Å². The van der Waals surface area contributed by atoms with E-state index in [-0.39, 0.29) is 39.7 Å². The fourth-order valence-electron chi connectivity index (χ4n) is 4.28. The molecule has 1 fully saturated rings. The van der Waals surface area contributed by atoms with Crippen LogP contribution in [0.1, 0.15) is 57.8 Å². The van der Waals surface area contributed by atoms with Gasteiger partial charge >= 0.3 is 0 Å². The zero-order valence-electron chi connectivity index (χ0n) is 20.4. The molecular weight excluding hydrogens is 474 g/mol. The topological polar surface area (TPSA) is 104 Å². The van der Waals surface area contributed by atoms with Gasteiger partial charge in [0.15, 0.2) is 0 Å². The Morgan fingerprint density at radius 2 is 1.61 bits per heavy atom. The van der Waals surface area contributed by atoms with Crippen LogP contribution < -0.4 is 10.6 Å². The van der Waals surface area contributed by atoms with E-state index in [9.17, 15) is 14.4 Å². The molecule has 3 aromatic rings. The van der Waals surface area contributed by atoms with E-state index in [0.29, 0.717) is 25.2 Å². The van der Waals surface area contributed by atoms with E-state index in [2.05, 4.69) is 33.0 Å². The molecule has 9 heteroatoms. The van der Waals surface area contributed by atoms with Crippen LogP contribution in [0.15, 0.2) is 60.7 Å². The summed E-state index contributed by atoms with van der Waals surface area (Å²) in [6, 6.07) is 19.5. The van der Waals surface area contributed by atoms with Gasteiger partial charge in [0, 0.05) is 31.2 Å². The lowest BCUT2D eigenvalue weighted by Crippen LogP contribution is -2.40. The number of nitrogens with zero attached hydrogens (tertiary/aromatic N) is 3. The molecule has 0 aliphatic carbocycles. The standard InChI is InChI=1S/C27H31N5O3S/c1-19(12-13-20-8-4-2-5-9-20)28-23(33)18-21-14-16-32(17-15-21)27(35)26-31-30-25(36-26)24(34)29-22-10-6-3-7-11-22/h2-11,19,21H,12-18H2,1H3,(H,28,33)(H,29,34)/t19-/m0/s1. The Balaban J connectivity index is 1.19. The summed E-state index contributed by atoms with van der Waals surface area (Å²) in [7, 11) is 0. The Hall–Kier alpha value is -3.59. The van der Waals surface area contributed by atoms with Gasteiger partial charge in [-0.1, -0.05) is 59.9 Å². The zero-order valence-corrected chi connectivity index (χ0v) is 21.2. The van der Waals surface area contributed by atoms with Gasteiger partial charge in [-0.3, -0.25) is 14.4 Å². The van der Waals surface area contributed by atoms with Crippen LogP contribution in [0.3, 0.4) is 0 Å². The van der Waals surface area contributed by atoms with Gasteiger partial charge in [0.25, 0.3) is 11.8 Å². The van der Waals surface area contributed by atoms with E-state index < -0.39 is 0 Å². The average Bonchev–Trinajstić information content (AvgIpc) is 3.39. The number of carbonyl (C=O) groups excluding carboxylic acids is 3. The Bertz CT molecular complexity index is 1160. The molecule has 1 atom stereocenters. The monoisotopic (exact) mass is 505 g/mol. The molecule has 2 heterocycles. The van der Waals surface area contributed by atoms with Crippen LogP contribution in [-0.4, -0.2) is 52.0 Å². The molecule has 1 aliphatic heterocycles. The predicted octanol–water partition coefficient (Wildman–Crippen LogP) is 4.17. The van der Waals surface area contributed by atoms with Crippen molar-refractivity contribution in [1.29, 1.82) is 0 Å². The fraction of sp³-hybridized carbons (Fsp3) is 0.370. The summed E-state index contributed by atoms with van der Waals surface area (Å²) >= 11 is 0.994. The number of para-hydroxylation sites is 1. The first-order chi connectivity index (χ1) is 17.5. The van der Waals surface area contributed by atoms with Crippen LogP contribution in [0.5, 0.6) is 0 Å². The highest BCUT2D eigenvalue weighted by molar-refractivity contribution is 7.15. The number of rotatable bonds is 9. The summed E-state index contributed by atoms with van der Waals surface area (Å²) in [6.07, 6.45) is 3.83. The van der Waals surface area contributed by atoms with Crippen molar-refractivity contribution in [2.24, 2.45) is 5.92 Å². The summed E-state index contributed by atoms with van der Waals surface area (Å²) in [5.41, 5.74) is 1.93. The SMILES string of the molecule is C[C@@H](CCc1ccccc1)NC(=O)CC1CCN(C(=O)c2nnc(C(=O)Nc3ccccc3)s2)CC1. The van der Waals surface area contributed by atoms with Gasteiger partial charge in [0.2, 0.25) is 15.9 Å². The smallest absolute Gasteiger partial charge is 0.286 e. The van der Waals surface area contributed by atoms with Crippen LogP contribution in [0.25, 0.3) is 0 Å². The molecule has 2 aromatic carbocycles. The number of aryl methyl sites for hydroxylation is 1. The third-order valence-electron chi connectivity index (χ3n) is 6.33. The van der Waals surface area contributed by atoms with E-state index in [1.165, 1.54) is 5.56 Å². The maximum absolute atomic E-state index is 12.9. The lowest BCUT2D eigenvalue weighted by molar-refractivity contribution is -0.122. The molecule has 1 aliphatic rings. The van der Waals surface area contributed by atoms with Crippen LogP contribution in [0.4, 0.5) is 5.69 Å². The number of hydrogen-bond acceptors (Lipinski definition) is 6. The third kappa shape index (κ3) is 7.21. The highest BCUT2D eigenvalue weighted by Crippen LogP contribution is 2.23. The lowest BCUT2D eigenvalue weighted by Gasteiger charge is -2.31. The van der Waals surface area contributed by atoms with Crippen molar-refractivity contribution in [3.8, 4) is 0 Å². The largest absolute Gasteiger partial charge is 0.354 e. The van der Waals surface area contributed by atoms with Crippen molar-refractivity contribution >= 4 is 34.7 Å². The van der Waals surface area contributed by atoms with Crippen molar-refractivity contribution in [2.75, 3.05) is 18.4 Å². The minimum absolute atomic E-state index is 0.0681. The summed E-state index contributed by atoms with van der Waals surface area (Å²) in [4.78, 5) is 39.5. The molecule has 0 spiro atoms. The number of hydrogen-bond donors (Lipinski definition) is 2. The van der Waals surface area contributed by atoms with Gasteiger partial charge in [0.05, 0.1) is 0 Å². The molecule has 188 valence electrons. The second kappa shape index (κ2) is 12.4. The summed E-state index contributed by atoms with van der Waals surface area (Å²) < 4.78 is 0. The Kier molecular flexibility index (Phi) is 8.78. The lowest BCUT2D eigenvalue weighted by atomic mass is 9.93. The summed E-state index contributed by atoms with van der Waals surface area (Å²) in [5, 5.41) is 14.1. The quantitative estimate of drug-likeness (QED) is 0.454. The molecule has 0 unspecified atom stereocenters. The van der Waals surface area contributed by atoms with Crippen LogP contribution in [0, 0.1) is 5.92 Å². The second-order valence-corrected chi connectivity index (χ2v) is 10.1. The maximum Gasteiger partial charge on any atom is 0.286 e. The molecule has 0 radical (unpaired) electrons. The molecule has 4 rings (SSSR count). The minimum atomic E-state index is -0.388. The maximum atomic E-state index is 12.9. The van der Waals surface area contributed by atoms with E-state index in [4.69, 9.17) is 0 Å². The number of aromatic nitrogens is 2. The van der Waals surface area contributed by atoms with Gasteiger partial charge in [-0.05, 0) is 56.2 Å². The van der Waals surface area contributed by atoms with Gasteiger partial charge < -0.3 is 15.5 Å². The molecule has 36 heavy (non-hydrogen) atoms. The van der Waals surface area contributed by atoms with Gasteiger partial charge in [-0.15, -0.1) is 10.2 Å². The van der Waals surface area contributed by atoms with Crippen molar-refractivity contribution in [1.82, 2.24) is 20.4 Å². The first-order valence-electron chi connectivity index (χ1n) is 12.3. The fourth-order valence-corrected chi connectivity index (χ4v) is 4.99.